The first kappa shape index (κ1) is 11.1. The van der Waals surface area contributed by atoms with Crippen molar-refractivity contribution in [3.05, 3.63) is 23.8 Å². The van der Waals surface area contributed by atoms with Crippen molar-refractivity contribution in [2.45, 2.75) is 6.92 Å². The zero-order chi connectivity index (χ0) is 11.3. The molecule has 0 unspecified atom stereocenters. The Morgan fingerprint density at radius 3 is 2.73 bits per heavy atom. The molecule has 0 aliphatic heterocycles. The number of esters is 2. The quantitative estimate of drug-likeness (QED) is 0.673. The number of methoxy groups -OCH3 is 1. The smallest absolute Gasteiger partial charge is 0.376 e. The van der Waals surface area contributed by atoms with Crippen LogP contribution in [-0.4, -0.2) is 35.6 Å². The second-order valence-electron chi connectivity index (χ2n) is 2.48. The zero-order valence-corrected chi connectivity index (χ0v) is 8.39. The molecule has 6 nitrogen and oxygen atoms in total. The molecule has 1 rings (SSSR count). The molecule has 0 radical (unpaired) electrons. The molecule has 80 valence electrons. The fraction of sp³-hybridized carbons (Fsp3) is 0.333. The van der Waals surface area contributed by atoms with Gasteiger partial charge < -0.3 is 9.47 Å². The van der Waals surface area contributed by atoms with E-state index in [1.807, 2.05) is 0 Å². The maximum Gasteiger partial charge on any atom is 0.376 e. The van der Waals surface area contributed by atoms with Crippen LogP contribution >= 0.6 is 0 Å². The molecule has 6 heteroatoms. The lowest BCUT2D eigenvalue weighted by Gasteiger charge is -2.01. The lowest BCUT2D eigenvalue weighted by atomic mass is 10.4. The van der Waals surface area contributed by atoms with E-state index in [0.29, 0.717) is 0 Å². The molecule has 0 saturated heterocycles. The van der Waals surface area contributed by atoms with Gasteiger partial charge in [-0.1, -0.05) is 0 Å². The van der Waals surface area contributed by atoms with Crippen molar-refractivity contribution in [1.29, 1.82) is 0 Å². The summed E-state index contributed by atoms with van der Waals surface area (Å²) in [5.74, 6) is -1.44. The average molecular weight is 210 g/mol. The normalized spacial score (nSPS) is 9.47. The van der Waals surface area contributed by atoms with E-state index in [-0.39, 0.29) is 18.1 Å². The highest BCUT2D eigenvalue weighted by molar-refractivity contribution is 5.90. The molecule has 0 aromatic carbocycles. The largest absolute Gasteiger partial charge is 0.464 e. The van der Waals surface area contributed by atoms with Crippen LogP contribution < -0.4 is 0 Å². The number of ether oxygens (including phenoxy) is 2. The minimum Gasteiger partial charge on any atom is -0.464 e. The van der Waals surface area contributed by atoms with E-state index in [4.69, 9.17) is 0 Å². The third-order valence-corrected chi connectivity index (χ3v) is 1.51. The zero-order valence-electron chi connectivity index (χ0n) is 8.39. The minimum atomic E-state index is -0.664. The monoisotopic (exact) mass is 210 g/mol. The molecule has 0 atom stereocenters. The molecule has 0 fully saturated rings. The molecule has 0 bridgehead atoms. The van der Waals surface area contributed by atoms with Crippen LogP contribution in [0.5, 0.6) is 0 Å². The topological polar surface area (TPSA) is 78.4 Å². The summed E-state index contributed by atoms with van der Waals surface area (Å²) >= 11 is 0. The van der Waals surface area contributed by atoms with Crippen molar-refractivity contribution in [2.24, 2.45) is 0 Å². The molecule has 1 aromatic rings. The van der Waals surface area contributed by atoms with Crippen molar-refractivity contribution >= 4 is 11.9 Å². The number of hydrogen-bond donors (Lipinski definition) is 0. The van der Waals surface area contributed by atoms with Gasteiger partial charge in [0.25, 0.3) is 0 Å². The molecule has 0 amide bonds. The number of nitrogens with zero attached hydrogens (tertiary/aromatic N) is 2. The average Bonchev–Trinajstić information content (AvgIpc) is 2.28. The second-order valence-corrected chi connectivity index (χ2v) is 2.48. The molecule has 0 aliphatic rings. The molecule has 0 N–H and O–H groups in total. The van der Waals surface area contributed by atoms with E-state index in [9.17, 15) is 9.59 Å². The van der Waals surface area contributed by atoms with Crippen LogP contribution in [0, 0.1) is 0 Å². The summed E-state index contributed by atoms with van der Waals surface area (Å²) < 4.78 is 9.13. The Morgan fingerprint density at radius 2 is 2.13 bits per heavy atom. The van der Waals surface area contributed by atoms with Crippen molar-refractivity contribution in [2.75, 3.05) is 13.7 Å². The number of carbonyl (C=O) groups excluding carboxylic acids is 2. The molecular weight excluding hydrogens is 200 g/mol. The Bertz CT molecular complexity index is 378. The Kier molecular flexibility index (Phi) is 3.73. The first-order valence-corrected chi connectivity index (χ1v) is 4.27. The van der Waals surface area contributed by atoms with E-state index in [1.54, 1.807) is 6.92 Å². The summed E-state index contributed by atoms with van der Waals surface area (Å²) in [4.78, 5) is 29.7. The van der Waals surface area contributed by atoms with E-state index in [1.165, 1.54) is 19.4 Å². The highest BCUT2D eigenvalue weighted by Crippen LogP contribution is 1.99. The van der Waals surface area contributed by atoms with Crippen LogP contribution in [-0.2, 0) is 9.47 Å². The van der Waals surface area contributed by atoms with Crippen LogP contribution in [0.25, 0.3) is 0 Å². The molecule has 0 aliphatic carbocycles. The summed E-state index contributed by atoms with van der Waals surface area (Å²) in [5, 5.41) is 0. The van der Waals surface area contributed by atoms with E-state index in [0.717, 1.165) is 0 Å². The SMILES string of the molecule is CCOC(=O)c1nccc(C(=O)OC)n1. The molecule has 1 aromatic heterocycles. The lowest BCUT2D eigenvalue weighted by Crippen LogP contribution is -2.13. The Morgan fingerprint density at radius 1 is 1.40 bits per heavy atom. The highest BCUT2D eigenvalue weighted by atomic mass is 16.5. The van der Waals surface area contributed by atoms with Crippen LogP contribution in [0.15, 0.2) is 12.3 Å². The summed E-state index contributed by atoms with van der Waals surface area (Å²) in [5.41, 5.74) is 0.0237. The molecule has 0 spiro atoms. The van der Waals surface area contributed by atoms with Crippen LogP contribution in [0.1, 0.15) is 28.0 Å². The fourth-order valence-corrected chi connectivity index (χ4v) is 0.871. The lowest BCUT2D eigenvalue weighted by molar-refractivity contribution is 0.0511. The molecule has 1 heterocycles. The highest BCUT2D eigenvalue weighted by Gasteiger charge is 2.14. The molecule has 0 saturated carbocycles. The Hall–Kier alpha value is -1.98. The predicted molar refractivity (Wildman–Crippen MR) is 49.3 cm³/mol. The van der Waals surface area contributed by atoms with Gasteiger partial charge in [-0.05, 0) is 13.0 Å². The van der Waals surface area contributed by atoms with Gasteiger partial charge in [0.1, 0.15) is 0 Å². The van der Waals surface area contributed by atoms with Crippen LogP contribution in [0.2, 0.25) is 0 Å². The molecule has 15 heavy (non-hydrogen) atoms. The third-order valence-electron chi connectivity index (χ3n) is 1.51. The maximum absolute atomic E-state index is 11.2. The molecular formula is C9H10N2O4. The van der Waals surface area contributed by atoms with Crippen molar-refractivity contribution < 1.29 is 19.1 Å². The Balaban J connectivity index is 2.92. The van der Waals surface area contributed by atoms with Gasteiger partial charge in [-0.15, -0.1) is 0 Å². The first-order valence-electron chi connectivity index (χ1n) is 4.27. The summed E-state index contributed by atoms with van der Waals surface area (Å²) in [6, 6.07) is 1.36. The van der Waals surface area contributed by atoms with Crippen LogP contribution in [0.4, 0.5) is 0 Å². The van der Waals surface area contributed by atoms with Gasteiger partial charge in [0, 0.05) is 6.20 Å². The number of aromatic nitrogens is 2. The van der Waals surface area contributed by atoms with Gasteiger partial charge in [0.05, 0.1) is 13.7 Å². The van der Waals surface area contributed by atoms with Crippen LogP contribution in [0.3, 0.4) is 0 Å². The number of carbonyl (C=O) groups is 2. The van der Waals surface area contributed by atoms with Gasteiger partial charge in [0.15, 0.2) is 5.69 Å². The fourth-order valence-electron chi connectivity index (χ4n) is 0.871. The van der Waals surface area contributed by atoms with Crippen molar-refractivity contribution in [3.8, 4) is 0 Å². The first-order chi connectivity index (χ1) is 7.19. The van der Waals surface area contributed by atoms with Gasteiger partial charge in [0.2, 0.25) is 5.82 Å². The standard InChI is InChI=1S/C9H10N2O4/c1-3-15-9(13)7-10-5-4-6(11-7)8(12)14-2/h4-5H,3H2,1-2H3. The van der Waals surface area contributed by atoms with E-state index >= 15 is 0 Å². The maximum atomic E-state index is 11.2. The summed E-state index contributed by atoms with van der Waals surface area (Å²) in [6.45, 7) is 1.90. The summed E-state index contributed by atoms with van der Waals surface area (Å²) in [6.07, 6.45) is 1.30. The second kappa shape index (κ2) is 5.04. The number of rotatable bonds is 3. The minimum absolute atomic E-state index is 0.0237. The van der Waals surface area contributed by atoms with Gasteiger partial charge in [-0.25, -0.2) is 19.6 Å². The van der Waals surface area contributed by atoms with Crippen molar-refractivity contribution in [1.82, 2.24) is 9.97 Å². The third kappa shape index (κ3) is 2.73. The van der Waals surface area contributed by atoms with Crippen molar-refractivity contribution in [3.63, 3.8) is 0 Å². The van der Waals surface area contributed by atoms with E-state index in [2.05, 4.69) is 19.4 Å². The summed E-state index contributed by atoms with van der Waals surface area (Å²) in [7, 11) is 1.23. The van der Waals surface area contributed by atoms with Gasteiger partial charge in [-0.2, -0.15) is 0 Å². The van der Waals surface area contributed by atoms with Gasteiger partial charge >= 0.3 is 11.9 Å². The van der Waals surface area contributed by atoms with Gasteiger partial charge in [-0.3, -0.25) is 0 Å². The van der Waals surface area contributed by atoms with E-state index < -0.39 is 11.9 Å². The predicted octanol–water partition coefficient (Wildman–Crippen LogP) is 0.440. The Labute approximate surface area is 86.2 Å². The number of hydrogen-bond acceptors (Lipinski definition) is 6.